The molecule has 12 heteroatoms. The average molecular weight is 537 g/mol. The topological polar surface area (TPSA) is 148 Å². The van der Waals surface area contributed by atoms with Crippen LogP contribution in [-0.4, -0.2) is 43.9 Å². The maximum Gasteiger partial charge on any atom is 0.417 e. The summed E-state index contributed by atoms with van der Waals surface area (Å²) >= 11 is 0. The molecule has 2 aromatic carbocycles. The number of methoxy groups -OCH3 is 1. The molecular formula is C25H23F3N2O6S. The highest BCUT2D eigenvalue weighted by Crippen LogP contribution is 2.66. The van der Waals surface area contributed by atoms with Gasteiger partial charge in [0.1, 0.15) is 10.8 Å². The molecule has 2 saturated carbocycles. The molecule has 196 valence electrons. The van der Waals surface area contributed by atoms with E-state index in [1.165, 1.54) is 6.07 Å². The number of nitrogens with zero attached hydrogens (tertiary/aromatic N) is 1. The number of carbonyl (C=O) groups is 2. The number of carboxylic acids is 1. The highest BCUT2D eigenvalue weighted by atomic mass is 32.2. The number of ether oxygens (including phenoxy) is 1. The molecular weight excluding hydrogens is 513 g/mol. The molecule has 8 nitrogen and oxygen atoms in total. The van der Waals surface area contributed by atoms with Gasteiger partial charge in [0.25, 0.3) is 0 Å². The predicted octanol–water partition coefficient (Wildman–Crippen LogP) is 3.41. The lowest BCUT2D eigenvalue weighted by Crippen LogP contribution is -2.44. The summed E-state index contributed by atoms with van der Waals surface area (Å²) in [5.74, 6) is -3.69. The minimum atomic E-state index is -5.02. The lowest BCUT2D eigenvalue weighted by molar-refractivity contribution is -0.159. The van der Waals surface area contributed by atoms with Crippen LogP contribution in [0, 0.1) is 28.1 Å². The van der Waals surface area contributed by atoms with E-state index >= 15 is 0 Å². The van der Waals surface area contributed by atoms with Crippen molar-refractivity contribution in [3.63, 3.8) is 0 Å². The van der Waals surface area contributed by atoms with Gasteiger partial charge in [0.2, 0.25) is 5.91 Å². The van der Waals surface area contributed by atoms with Crippen LogP contribution < -0.4 is 5.73 Å². The highest BCUT2D eigenvalue weighted by Gasteiger charge is 2.75. The molecule has 4 rings (SSSR count). The Morgan fingerprint density at radius 1 is 1.14 bits per heavy atom. The minimum absolute atomic E-state index is 0.159. The van der Waals surface area contributed by atoms with Gasteiger partial charge in [-0.15, -0.1) is 0 Å². The number of hydrogen-bond acceptors (Lipinski definition) is 6. The standard InChI is InChI=1S/C25H23F3N2O6S/c1-36-20-10-16(11-24(20,22(32)33)19-12-23(19,13-29)21(30)31)37(34,35)18-8-7-15(9-17(18)25(26,27)28)14-5-3-2-4-6-14/h2-9,16,19-20H,10-12H2,1H3,(H2,30,31)(H,32,33)/t16-,19?,20+,23?,24+/m0/s1. The van der Waals surface area contributed by atoms with E-state index in [2.05, 4.69) is 0 Å². The van der Waals surface area contributed by atoms with Gasteiger partial charge in [-0.2, -0.15) is 18.4 Å². The number of benzene rings is 2. The average Bonchev–Trinajstić information content (AvgIpc) is 3.48. The Balaban J connectivity index is 1.80. The zero-order chi connectivity index (χ0) is 27.4. The molecule has 0 saturated heterocycles. The Hall–Kier alpha value is -3.43. The van der Waals surface area contributed by atoms with Crippen LogP contribution in [-0.2, 0) is 30.3 Å². The number of carboxylic acid groups (broad SMARTS) is 1. The number of halogens is 3. The van der Waals surface area contributed by atoms with E-state index in [9.17, 15) is 41.5 Å². The second kappa shape index (κ2) is 8.85. The molecule has 2 aliphatic carbocycles. The monoisotopic (exact) mass is 536 g/mol. The summed E-state index contributed by atoms with van der Waals surface area (Å²) in [5.41, 5.74) is 0.775. The molecule has 37 heavy (non-hydrogen) atoms. The summed E-state index contributed by atoms with van der Waals surface area (Å²) in [6.07, 6.45) is -7.57. The van der Waals surface area contributed by atoms with E-state index in [1.807, 2.05) is 0 Å². The number of amides is 1. The van der Waals surface area contributed by atoms with Crippen molar-refractivity contribution in [3.8, 4) is 17.2 Å². The fourth-order valence-electron chi connectivity index (χ4n) is 5.65. The fourth-order valence-corrected chi connectivity index (χ4v) is 7.67. The van der Waals surface area contributed by atoms with E-state index < -0.39 is 79.3 Å². The second-order valence-corrected chi connectivity index (χ2v) is 11.7. The molecule has 0 aromatic heterocycles. The molecule has 0 spiro atoms. The Morgan fingerprint density at radius 2 is 1.78 bits per heavy atom. The first-order chi connectivity index (χ1) is 17.3. The zero-order valence-corrected chi connectivity index (χ0v) is 20.3. The van der Waals surface area contributed by atoms with Gasteiger partial charge < -0.3 is 15.6 Å². The summed E-state index contributed by atoms with van der Waals surface area (Å²) in [4.78, 5) is 23.5. The molecule has 0 aliphatic heterocycles. The lowest BCUT2D eigenvalue weighted by Gasteiger charge is -2.31. The van der Waals surface area contributed by atoms with Crippen LogP contribution in [0.15, 0.2) is 53.4 Å². The van der Waals surface area contributed by atoms with Gasteiger partial charge in [-0.3, -0.25) is 9.59 Å². The summed E-state index contributed by atoms with van der Waals surface area (Å²) in [6, 6.07) is 12.8. The highest BCUT2D eigenvalue weighted by molar-refractivity contribution is 7.92. The number of aliphatic carboxylic acids is 1. The Kier molecular flexibility index (Phi) is 6.37. The van der Waals surface area contributed by atoms with E-state index in [0.29, 0.717) is 5.56 Å². The molecule has 5 atom stereocenters. The van der Waals surface area contributed by atoms with Crippen LogP contribution in [0.2, 0.25) is 0 Å². The third-order valence-corrected chi connectivity index (χ3v) is 9.86. The first kappa shape index (κ1) is 26.6. The fraction of sp³-hybridized carbons (Fsp3) is 0.400. The molecule has 3 N–H and O–H groups in total. The largest absolute Gasteiger partial charge is 0.481 e. The Bertz CT molecular complexity index is 1410. The van der Waals surface area contributed by atoms with Gasteiger partial charge in [-0.1, -0.05) is 36.4 Å². The van der Waals surface area contributed by atoms with Gasteiger partial charge >= 0.3 is 12.1 Å². The van der Waals surface area contributed by atoms with Crippen molar-refractivity contribution in [2.75, 3.05) is 7.11 Å². The molecule has 2 unspecified atom stereocenters. The molecule has 2 aliphatic rings. The molecule has 1 amide bonds. The quantitative estimate of drug-likeness (QED) is 0.551. The molecule has 0 bridgehead atoms. The molecule has 2 fully saturated rings. The predicted molar refractivity (Wildman–Crippen MR) is 123 cm³/mol. The van der Waals surface area contributed by atoms with Crippen molar-refractivity contribution >= 4 is 21.7 Å². The van der Waals surface area contributed by atoms with Crippen LogP contribution in [0.25, 0.3) is 11.1 Å². The number of rotatable bonds is 7. The number of hydrogen-bond donors (Lipinski definition) is 2. The maximum atomic E-state index is 14.1. The van der Waals surface area contributed by atoms with E-state index in [4.69, 9.17) is 10.5 Å². The second-order valence-electron chi connectivity index (χ2n) is 9.46. The van der Waals surface area contributed by atoms with Crippen molar-refractivity contribution in [1.29, 1.82) is 5.26 Å². The number of nitriles is 1. The summed E-state index contributed by atoms with van der Waals surface area (Å²) in [5, 5.41) is 18.1. The van der Waals surface area contributed by atoms with Gasteiger partial charge in [0.15, 0.2) is 9.84 Å². The van der Waals surface area contributed by atoms with Crippen LogP contribution in [0.3, 0.4) is 0 Å². The number of primary amides is 1. The van der Waals surface area contributed by atoms with Gasteiger partial charge in [0, 0.05) is 13.0 Å². The zero-order valence-electron chi connectivity index (χ0n) is 19.5. The van der Waals surface area contributed by atoms with Gasteiger partial charge in [-0.25, -0.2) is 8.42 Å². The lowest BCUT2D eigenvalue weighted by atomic mass is 9.75. The van der Waals surface area contributed by atoms with Crippen LogP contribution in [0.5, 0.6) is 0 Å². The summed E-state index contributed by atoms with van der Waals surface area (Å²) in [6.45, 7) is 0. The molecule has 2 aromatic rings. The van der Waals surface area contributed by atoms with Crippen LogP contribution in [0.4, 0.5) is 13.2 Å². The molecule has 0 radical (unpaired) electrons. The third-order valence-electron chi connectivity index (χ3n) is 7.66. The van der Waals surface area contributed by atoms with Crippen molar-refractivity contribution in [2.45, 2.75) is 41.7 Å². The van der Waals surface area contributed by atoms with E-state index in [1.54, 1.807) is 36.4 Å². The number of sulfone groups is 1. The van der Waals surface area contributed by atoms with Crippen molar-refractivity contribution < 1.29 is 41.0 Å². The van der Waals surface area contributed by atoms with Crippen molar-refractivity contribution in [1.82, 2.24) is 0 Å². The number of alkyl halides is 3. The Morgan fingerprint density at radius 3 is 2.27 bits per heavy atom. The first-order valence-corrected chi connectivity index (χ1v) is 12.8. The SMILES string of the molecule is CO[C@@H]1C[C@H](S(=O)(=O)c2ccc(-c3ccccc3)cc2C(F)(F)F)C[C@@]1(C(=O)O)C1CC1(C#N)C(N)=O. The van der Waals surface area contributed by atoms with Gasteiger partial charge in [0.05, 0.1) is 27.9 Å². The van der Waals surface area contributed by atoms with E-state index in [0.717, 1.165) is 19.2 Å². The normalized spacial score (nSPS) is 29.4. The van der Waals surface area contributed by atoms with Crippen LogP contribution >= 0.6 is 0 Å². The number of carbonyl (C=O) groups excluding carboxylic acids is 1. The van der Waals surface area contributed by atoms with Crippen LogP contribution in [0.1, 0.15) is 24.8 Å². The smallest absolute Gasteiger partial charge is 0.417 e. The first-order valence-electron chi connectivity index (χ1n) is 11.2. The summed E-state index contributed by atoms with van der Waals surface area (Å²) < 4.78 is 74.8. The van der Waals surface area contributed by atoms with E-state index in [-0.39, 0.29) is 12.0 Å². The van der Waals surface area contributed by atoms with Crippen molar-refractivity contribution in [3.05, 3.63) is 54.1 Å². The third kappa shape index (κ3) is 4.06. The minimum Gasteiger partial charge on any atom is -0.481 e. The Labute approximate surface area is 210 Å². The number of nitrogens with two attached hydrogens (primary N) is 1. The summed E-state index contributed by atoms with van der Waals surface area (Å²) in [7, 11) is -3.58. The van der Waals surface area contributed by atoms with Gasteiger partial charge in [-0.05, 0) is 42.5 Å². The molecule has 0 heterocycles. The maximum absolute atomic E-state index is 14.1. The van der Waals surface area contributed by atoms with Crippen molar-refractivity contribution in [2.24, 2.45) is 22.5 Å².